The molecule has 2 heterocycles. The van der Waals surface area contributed by atoms with E-state index in [1.807, 2.05) is 19.1 Å². The number of nitrogens with two attached hydrogens (primary N) is 1. The maximum absolute atomic E-state index is 12.0. The average molecular weight is 328 g/mol. The van der Waals surface area contributed by atoms with Gasteiger partial charge < -0.3 is 9.73 Å². The zero-order valence-corrected chi connectivity index (χ0v) is 13.0. The first-order valence-corrected chi connectivity index (χ1v) is 8.73. The average Bonchev–Trinajstić information content (AvgIpc) is 3.07. The lowest BCUT2D eigenvalue weighted by molar-refractivity contribution is 0.0938. The third-order valence-electron chi connectivity index (χ3n) is 2.90. The first kappa shape index (κ1) is 15.7. The van der Waals surface area contributed by atoms with Gasteiger partial charge >= 0.3 is 0 Å². The van der Waals surface area contributed by atoms with E-state index in [0.717, 1.165) is 29.9 Å². The summed E-state index contributed by atoms with van der Waals surface area (Å²) < 4.78 is 27.5. The third-order valence-corrected chi connectivity index (χ3v) is 5.29. The molecule has 2 rings (SSSR count). The number of carbonyl (C=O) groups is 1. The molecule has 0 radical (unpaired) electrons. The minimum Gasteiger partial charge on any atom is -0.469 e. The molecule has 6 nitrogen and oxygen atoms in total. The van der Waals surface area contributed by atoms with Crippen molar-refractivity contribution < 1.29 is 17.6 Å². The molecule has 0 aliphatic rings. The maximum atomic E-state index is 12.0. The van der Waals surface area contributed by atoms with Crippen LogP contribution in [0.2, 0.25) is 0 Å². The zero-order chi connectivity index (χ0) is 15.5. The summed E-state index contributed by atoms with van der Waals surface area (Å²) >= 11 is 0.934. The lowest BCUT2D eigenvalue weighted by Gasteiger charge is -2.12. The van der Waals surface area contributed by atoms with Gasteiger partial charge in [0.05, 0.1) is 11.8 Å². The van der Waals surface area contributed by atoms with Crippen molar-refractivity contribution in [1.82, 2.24) is 5.32 Å². The highest BCUT2D eigenvalue weighted by molar-refractivity contribution is 7.91. The van der Waals surface area contributed by atoms with E-state index in [1.54, 1.807) is 6.26 Å². The first-order chi connectivity index (χ1) is 9.86. The molecule has 0 aliphatic heterocycles. The number of sulfonamides is 1. The van der Waals surface area contributed by atoms with Crippen molar-refractivity contribution >= 4 is 27.3 Å². The molecule has 0 fully saturated rings. The van der Waals surface area contributed by atoms with Crippen molar-refractivity contribution in [2.45, 2.75) is 30.0 Å². The van der Waals surface area contributed by atoms with E-state index in [-0.39, 0.29) is 16.2 Å². The summed E-state index contributed by atoms with van der Waals surface area (Å²) in [6.07, 6.45) is 3.06. The summed E-state index contributed by atoms with van der Waals surface area (Å²) in [6.45, 7) is 1.88. The van der Waals surface area contributed by atoms with Gasteiger partial charge in [-0.1, -0.05) is 0 Å². The number of amides is 1. The highest BCUT2D eigenvalue weighted by atomic mass is 32.2. The number of hydrogen-bond donors (Lipinski definition) is 2. The Labute approximate surface area is 127 Å². The molecule has 0 spiro atoms. The molecule has 0 saturated heterocycles. The molecule has 2 aromatic rings. The van der Waals surface area contributed by atoms with E-state index < -0.39 is 10.0 Å². The maximum Gasteiger partial charge on any atom is 0.252 e. The molecule has 3 N–H and O–H groups in total. The van der Waals surface area contributed by atoms with Crippen LogP contribution in [0, 0.1) is 0 Å². The van der Waals surface area contributed by atoms with Crippen LogP contribution in [0.15, 0.2) is 38.5 Å². The molecule has 8 heteroatoms. The molecule has 0 unspecified atom stereocenters. The van der Waals surface area contributed by atoms with Crippen LogP contribution in [0.5, 0.6) is 0 Å². The molecule has 2 aromatic heterocycles. The van der Waals surface area contributed by atoms with Crippen molar-refractivity contribution in [1.29, 1.82) is 0 Å². The third kappa shape index (κ3) is 4.42. The second-order valence-corrected chi connectivity index (χ2v) is 7.39. The molecule has 1 atom stereocenters. The van der Waals surface area contributed by atoms with Crippen LogP contribution in [0.1, 0.15) is 29.5 Å². The van der Waals surface area contributed by atoms with E-state index in [4.69, 9.17) is 9.56 Å². The minimum atomic E-state index is -3.76. The molecule has 114 valence electrons. The Bertz CT molecular complexity index is 704. The number of nitrogens with one attached hydrogen (secondary N) is 1. The summed E-state index contributed by atoms with van der Waals surface area (Å²) in [5.74, 6) is 0.552. The van der Waals surface area contributed by atoms with Gasteiger partial charge in [-0.25, -0.2) is 13.6 Å². The molecular formula is C13H16N2O4S2. The summed E-state index contributed by atoms with van der Waals surface area (Å²) in [5, 5.41) is 9.31. The van der Waals surface area contributed by atoms with E-state index in [0.29, 0.717) is 5.56 Å². The summed E-state index contributed by atoms with van der Waals surface area (Å²) in [6, 6.07) is 4.93. The van der Waals surface area contributed by atoms with Crippen LogP contribution < -0.4 is 10.5 Å². The fourth-order valence-corrected chi connectivity index (χ4v) is 3.36. The van der Waals surface area contributed by atoms with Crippen molar-refractivity contribution in [3.63, 3.8) is 0 Å². The number of thiophene rings is 1. The summed E-state index contributed by atoms with van der Waals surface area (Å²) in [4.78, 5) is 12.0. The fraction of sp³-hybridized carbons (Fsp3) is 0.308. The van der Waals surface area contributed by atoms with Gasteiger partial charge in [0, 0.05) is 17.8 Å². The molecule has 0 aromatic carbocycles. The topological polar surface area (TPSA) is 102 Å². The van der Waals surface area contributed by atoms with Gasteiger partial charge in [0.2, 0.25) is 10.0 Å². The van der Waals surface area contributed by atoms with Crippen molar-refractivity contribution in [2.75, 3.05) is 0 Å². The van der Waals surface area contributed by atoms with Crippen LogP contribution in [-0.4, -0.2) is 20.4 Å². The summed E-state index contributed by atoms with van der Waals surface area (Å²) in [5.41, 5.74) is 0.300. The number of primary sulfonamides is 1. The van der Waals surface area contributed by atoms with Crippen LogP contribution in [0.3, 0.4) is 0 Å². The predicted octanol–water partition coefficient (Wildman–Crippen LogP) is 1.74. The lowest BCUT2D eigenvalue weighted by Crippen LogP contribution is -2.32. The SMILES string of the molecule is C[C@H](CCc1ccco1)NC(=O)c1csc(S(N)(=O)=O)c1. The van der Waals surface area contributed by atoms with Crippen molar-refractivity contribution in [2.24, 2.45) is 5.14 Å². The zero-order valence-electron chi connectivity index (χ0n) is 11.4. The van der Waals surface area contributed by atoms with Crippen molar-refractivity contribution in [3.8, 4) is 0 Å². The van der Waals surface area contributed by atoms with E-state index in [2.05, 4.69) is 5.32 Å². The van der Waals surface area contributed by atoms with Gasteiger partial charge in [0.25, 0.3) is 5.91 Å². The Hall–Kier alpha value is -1.64. The smallest absolute Gasteiger partial charge is 0.252 e. The highest BCUT2D eigenvalue weighted by Gasteiger charge is 2.16. The molecule has 0 aliphatic carbocycles. The van der Waals surface area contributed by atoms with Crippen LogP contribution in [-0.2, 0) is 16.4 Å². The summed E-state index contributed by atoms with van der Waals surface area (Å²) in [7, 11) is -3.76. The quantitative estimate of drug-likeness (QED) is 0.843. The van der Waals surface area contributed by atoms with Gasteiger partial charge in [-0.15, -0.1) is 11.3 Å². The first-order valence-electron chi connectivity index (χ1n) is 6.31. The normalized spacial score (nSPS) is 13.0. The number of furan rings is 1. The van der Waals surface area contributed by atoms with Gasteiger partial charge in [-0.3, -0.25) is 4.79 Å². The van der Waals surface area contributed by atoms with Crippen LogP contribution in [0.25, 0.3) is 0 Å². The van der Waals surface area contributed by atoms with Crippen molar-refractivity contribution in [3.05, 3.63) is 41.2 Å². The Kier molecular flexibility index (Phi) is 4.81. The van der Waals surface area contributed by atoms with Gasteiger partial charge in [-0.05, 0) is 31.5 Å². The standard InChI is InChI=1S/C13H16N2O4S2/c1-9(4-5-11-3-2-6-19-11)15-13(16)10-7-12(20-8-10)21(14,17)18/h2-3,6-9H,4-5H2,1H3,(H,15,16)(H2,14,17,18)/t9-/m1/s1. The molecule has 21 heavy (non-hydrogen) atoms. The largest absolute Gasteiger partial charge is 0.469 e. The van der Waals surface area contributed by atoms with Gasteiger partial charge in [-0.2, -0.15) is 0 Å². The molecule has 0 bridgehead atoms. The Morgan fingerprint density at radius 1 is 1.52 bits per heavy atom. The Balaban J connectivity index is 1.90. The number of carbonyl (C=O) groups excluding carboxylic acids is 1. The number of rotatable bonds is 6. The molecule has 1 amide bonds. The minimum absolute atomic E-state index is 0.0177. The van der Waals surface area contributed by atoms with E-state index in [9.17, 15) is 13.2 Å². The number of aryl methyl sites for hydroxylation is 1. The fourth-order valence-electron chi connectivity index (χ4n) is 1.78. The van der Waals surface area contributed by atoms with E-state index in [1.165, 1.54) is 11.4 Å². The molecular weight excluding hydrogens is 312 g/mol. The van der Waals surface area contributed by atoms with Crippen LogP contribution >= 0.6 is 11.3 Å². The Morgan fingerprint density at radius 2 is 2.29 bits per heavy atom. The monoisotopic (exact) mass is 328 g/mol. The van der Waals surface area contributed by atoms with Gasteiger partial charge in [0.15, 0.2) is 0 Å². The number of hydrogen-bond acceptors (Lipinski definition) is 5. The second-order valence-electron chi connectivity index (χ2n) is 4.69. The second kappa shape index (κ2) is 6.42. The Morgan fingerprint density at radius 3 is 2.86 bits per heavy atom. The predicted molar refractivity (Wildman–Crippen MR) is 79.6 cm³/mol. The van der Waals surface area contributed by atoms with Crippen LogP contribution in [0.4, 0.5) is 0 Å². The van der Waals surface area contributed by atoms with Gasteiger partial charge in [0.1, 0.15) is 9.97 Å². The van der Waals surface area contributed by atoms with E-state index >= 15 is 0 Å². The molecule has 0 saturated carbocycles. The lowest BCUT2D eigenvalue weighted by atomic mass is 10.1. The highest BCUT2D eigenvalue weighted by Crippen LogP contribution is 2.19.